The lowest BCUT2D eigenvalue weighted by molar-refractivity contribution is -0.132. The van der Waals surface area contributed by atoms with Crippen LogP contribution in [0.25, 0.3) is 0 Å². The van der Waals surface area contributed by atoms with Crippen LogP contribution in [0.1, 0.15) is 23.7 Å². The van der Waals surface area contributed by atoms with Crippen molar-refractivity contribution >= 4 is 21.8 Å². The first kappa shape index (κ1) is 13.4. The van der Waals surface area contributed by atoms with Crippen molar-refractivity contribution in [3.05, 3.63) is 58.5 Å². The van der Waals surface area contributed by atoms with Crippen molar-refractivity contribution < 1.29 is 9.21 Å². The minimum absolute atomic E-state index is 0.126. The van der Waals surface area contributed by atoms with E-state index < -0.39 is 0 Å². The quantitative estimate of drug-likeness (QED) is 0.852. The van der Waals surface area contributed by atoms with E-state index in [4.69, 9.17) is 4.42 Å². The van der Waals surface area contributed by atoms with E-state index in [1.807, 2.05) is 37.4 Å². The largest absolute Gasteiger partial charge is 0.452 e. The smallest absolute Gasteiger partial charge is 0.226 e. The molecule has 4 heteroatoms. The van der Waals surface area contributed by atoms with Gasteiger partial charge in [0.25, 0.3) is 0 Å². The van der Waals surface area contributed by atoms with E-state index in [9.17, 15) is 4.79 Å². The standard InChI is InChI=1S/C16H16BrNO2/c1-18(10-12-7-8-15(17)20-12)16(19)14-9-13(14)11-5-3-2-4-6-11/h2-8,13-14H,9-10H2,1H3/t13-,14-/m1/s1. The highest BCUT2D eigenvalue weighted by molar-refractivity contribution is 9.10. The number of amides is 1. The number of nitrogens with zero attached hydrogens (tertiary/aromatic N) is 1. The second kappa shape index (κ2) is 5.44. The molecule has 3 rings (SSSR count). The van der Waals surface area contributed by atoms with Gasteiger partial charge in [-0.15, -0.1) is 0 Å². The van der Waals surface area contributed by atoms with Crippen molar-refractivity contribution in [2.45, 2.75) is 18.9 Å². The molecule has 20 heavy (non-hydrogen) atoms. The third-order valence-electron chi connectivity index (χ3n) is 3.73. The molecule has 2 aromatic rings. The SMILES string of the molecule is CN(Cc1ccc(Br)o1)C(=O)[C@@H]1C[C@@H]1c1ccccc1. The minimum atomic E-state index is 0.126. The molecule has 0 unspecified atom stereocenters. The Hall–Kier alpha value is -1.55. The fraction of sp³-hybridized carbons (Fsp3) is 0.312. The van der Waals surface area contributed by atoms with Gasteiger partial charge >= 0.3 is 0 Å². The molecule has 1 saturated carbocycles. The summed E-state index contributed by atoms with van der Waals surface area (Å²) in [6, 6.07) is 14.0. The molecule has 0 radical (unpaired) electrons. The highest BCUT2D eigenvalue weighted by Gasteiger charge is 2.45. The Labute approximate surface area is 126 Å². The predicted octanol–water partition coefficient (Wildman–Crippen LogP) is 3.80. The second-order valence-corrected chi connectivity index (χ2v) is 6.04. The molecule has 1 heterocycles. The Morgan fingerprint density at radius 1 is 1.30 bits per heavy atom. The molecule has 1 aliphatic rings. The van der Waals surface area contributed by atoms with E-state index in [1.165, 1.54) is 5.56 Å². The first-order valence-electron chi connectivity index (χ1n) is 6.69. The molecule has 0 aliphatic heterocycles. The lowest BCUT2D eigenvalue weighted by Gasteiger charge is -2.15. The minimum Gasteiger partial charge on any atom is -0.452 e. The fourth-order valence-electron chi connectivity index (χ4n) is 2.57. The van der Waals surface area contributed by atoms with Gasteiger partial charge in [-0.2, -0.15) is 0 Å². The van der Waals surface area contributed by atoms with Crippen molar-refractivity contribution in [2.24, 2.45) is 5.92 Å². The molecular formula is C16H16BrNO2. The van der Waals surface area contributed by atoms with Crippen LogP contribution >= 0.6 is 15.9 Å². The van der Waals surface area contributed by atoms with E-state index in [1.54, 1.807) is 4.90 Å². The van der Waals surface area contributed by atoms with Crippen LogP contribution in [-0.4, -0.2) is 17.9 Å². The molecule has 1 amide bonds. The summed E-state index contributed by atoms with van der Waals surface area (Å²) in [4.78, 5) is 14.1. The normalized spacial score (nSPS) is 20.7. The number of carbonyl (C=O) groups is 1. The van der Waals surface area contributed by atoms with Crippen LogP contribution in [0.3, 0.4) is 0 Å². The highest BCUT2D eigenvalue weighted by Crippen LogP contribution is 2.48. The number of halogens is 1. The zero-order chi connectivity index (χ0) is 14.1. The average molecular weight is 334 g/mol. The van der Waals surface area contributed by atoms with Gasteiger partial charge in [-0.3, -0.25) is 4.79 Å². The third-order valence-corrected chi connectivity index (χ3v) is 4.16. The highest BCUT2D eigenvalue weighted by atomic mass is 79.9. The molecule has 1 aromatic carbocycles. The van der Waals surface area contributed by atoms with Gasteiger partial charge in [0.15, 0.2) is 4.67 Å². The van der Waals surface area contributed by atoms with Crippen molar-refractivity contribution in [1.82, 2.24) is 4.90 Å². The summed E-state index contributed by atoms with van der Waals surface area (Å²) in [5.41, 5.74) is 1.26. The zero-order valence-corrected chi connectivity index (χ0v) is 12.8. The van der Waals surface area contributed by atoms with E-state index >= 15 is 0 Å². The van der Waals surface area contributed by atoms with Gasteiger partial charge in [-0.25, -0.2) is 0 Å². The lowest BCUT2D eigenvalue weighted by Crippen LogP contribution is -2.27. The molecule has 0 bridgehead atoms. The molecule has 0 spiro atoms. The predicted molar refractivity (Wildman–Crippen MR) is 80.2 cm³/mol. The van der Waals surface area contributed by atoms with Crippen molar-refractivity contribution in [3.63, 3.8) is 0 Å². The number of rotatable bonds is 4. The first-order chi connectivity index (χ1) is 9.65. The monoisotopic (exact) mass is 333 g/mol. The summed E-state index contributed by atoms with van der Waals surface area (Å²) in [6.45, 7) is 0.516. The summed E-state index contributed by atoms with van der Waals surface area (Å²) >= 11 is 3.27. The van der Waals surface area contributed by atoms with Crippen LogP contribution in [0.2, 0.25) is 0 Å². The van der Waals surface area contributed by atoms with Gasteiger partial charge < -0.3 is 9.32 Å². The summed E-state index contributed by atoms with van der Waals surface area (Å²) in [7, 11) is 1.83. The van der Waals surface area contributed by atoms with Crippen LogP contribution in [0.5, 0.6) is 0 Å². The van der Waals surface area contributed by atoms with Crippen molar-refractivity contribution in [2.75, 3.05) is 7.05 Å². The van der Waals surface area contributed by atoms with Crippen molar-refractivity contribution in [1.29, 1.82) is 0 Å². The van der Waals surface area contributed by atoms with E-state index in [0.717, 1.165) is 12.2 Å². The molecule has 2 atom stereocenters. The molecule has 1 fully saturated rings. The fourth-order valence-corrected chi connectivity index (χ4v) is 2.91. The zero-order valence-electron chi connectivity index (χ0n) is 11.3. The van der Waals surface area contributed by atoms with Gasteiger partial charge in [-0.05, 0) is 46.0 Å². The molecule has 104 valence electrons. The lowest BCUT2D eigenvalue weighted by atomic mass is 10.1. The Balaban J connectivity index is 1.60. The topological polar surface area (TPSA) is 33.5 Å². The van der Waals surface area contributed by atoms with E-state index in [-0.39, 0.29) is 11.8 Å². The van der Waals surface area contributed by atoms with E-state index in [0.29, 0.717) is 17.1 Å². The average Bonchev–Trinajstić information content (AvgIpc) is 3.16. The van der Waals surface area contributed by atoms with Crippen LogP contribution < -0.4 is 0 Å². The van der Waals surface area contributed by atoms with E-state index in [2.05, 4.69) is 28.1 Å². The van der Waals surface area contributed by atoms with Crippen molar-refractivity contribution in [3.8, 4) is 0 Å². The second-order valence-electron chi connectivity index (χ2n) is 5.26. The molecule has 1 aromatic heterocycles. The molecule has 1 aliphatic carbocycles. The van der Waals surface area contributed by atoms with Crippen LogP contribution in [0, 0.1) is 5.92 Å². The Morgan fingerprint density at radius 2 is 2.05 bits per heavy atom. The maximum Gasteiger partial charge on any atom is 0.226 e. The summed E-state index contributed by atoms with van der Waals surface area (Å²) in [5, 5.41) is 0. The first-order valence-corrected chi connectivity index (χ1v) is 7.48. The van der Waals surface area contributed by atoms with Gasteiger partial charge in [-0.1, -0.05) is 30.3 Å². The van der Waals surface area contributed by atoms with Crippen LogP contribution in [0.4, 0.5) is 0 Å². The van der Waals surface area contributed by atoms with Gasteiger partial charge in [0.2, 0.25) is 5.91 Å². The molecular weight excluding hydrogens is 318 g/mol. The summed E-state index contributed by atoms with van der Waals surface area (Å²) in [5.74, 6) is 1.51. The molecule has 3 nitrogen and oxygen atoms in total. The molecule has 0 saturated heterocycles. The maximum absolute atomic E-state index is 12.4. The summed E-state index contributed by atoms with van der Waals surface area (Å²) < 4.78 is 6.13. The molecule has 0 N–H and O–H groups in total. The number of furan rings is 1. The number of benzene rings is 1. The number of hydrogen-bond acceptors (Lipinski definition) is 2. The maximum atomic E-state index is 12.4. The Morgan fingerprint density at radius 3 is 2.70 bits per heavy atom. The Bertz CT molecular complexity index is 608. The van der Waals surface area contributed by atoms with Crippen LogP contribution in [-0.2, 0) is 11.3 Å². The van der Waals surface area contributed by atoms with Gasteiger partial charge in [0.05, 0.1) is 6.54 Å². The number of carbonyl (C=O) groups excluding carboxylic acids is 1. The van der Waals surface area contributed by atoms with Gasteiger partial charge in [0.1, 0.15) is 5.76 Å². The summed E-state index contributed by atoms with van der Waals surface area (Å²) in [6.07, 6.45) is 0.953. The van der Waals surface area contributed by atoms with Gasteiger partial charge in [0, 0.05) is 13.0 Å². The number of hydrogen-bond donors (Lipinski definition) is 0. The Kier molecular flexibility index (Phi) is 3.66. The van der Waals surface area contributed by atoms with Crippen LogP contribution in [0.15, 0.2) is 51.6 Å². The third kappa shape index (κ3) is 2.80.